The van der Waals surface area contributed by atoms with Crippen LogP contribution in [0.3, 0.4) is 0 Å². The van der Waals surface area contributed by atoms with Crippen molar-refractivity contribution >= 4 is 23.2 Å². The van der Waals surface area contributed by atoms with Crippen molar-refractivity contribution in [3.63, 3.8) is 0 Å². The summed E-state index contributed by atoms with van der Waals surface area (Å²) < 4.78 is 1.77. The van der Waals surface area contributed by atoms with Gasteiger partial charge in [0.05, 0.1) is 5.69 Å². The molecule has 1 amide bonds. The second kappa shape index (κ2) is 5.44. The summed E-state index contributed by atoms with van der Waals surface area (Å²) in [6, 6.07) is 11.1. The van der Waals surface area contributed by atoms with Gasteiger partial charge >= 0.3 is 0 Å². The summed E-state index contributed by atoms with van der Waals surface area (Å²) in [5.74, 6) is -0.116. The molecule has 1 aromatic carbocycles. The third kappa shape index (κ3) is 2.16. The van der Waals surface area contributed by atoms with Crippen molar-refractivity contribution in [2.45, 2.75) is 0 Å². The van der Waals surface area contributed by atoms with Gasteiger partial charge in [-0.1, -0.05) is 12.1 Å². The van der Waals surface area contributed by atoms with Crippen LogP contribution >= 0.6 is 0 Å². The van der Waals surface area contributed by atoms with Crippen LogP contribution in [0.1, 0.15) is 20.8 Å². The van der Waals surface area contributed by atoms with Crippen molar-refractivity contribution in [2.75, 3.05) is 7.05 Å². The molecule has 110 valence electrons. The zero-order chi connectivity index (χ0) is 15.7. The van der Waals surface area contributed by atoms with Gasteiger partial charge in [-0.2, -0.15) is 0 Å². The lowest BCUT2D eigenvalue weighted by atomic mass is 10.0. The smallest absolute Gasteiger partial charge is 0.251 e. The number of pyridine rings is 1. The van der Waals surface area contributed by atoms with E-state index in [1.165, 1.54) is 0 Å². The molecule has 0 aliphatic carbocycles. The van der Waals surface area contributed by atoms with Crippen LogP contribution in [-0.2, 0) is 7.05 Å². The lowest BCUT2D eigenvalue weighted by Gasteiger charge is -2.05. The van der Waals surface area contributed by atoms with Gasteiger partial charge in [0.25, 0.3) is 5.91 Å². The maximum Gasteiger partial charge on any atom is 0.251 e. The number of carbonyl (C=O) groups is 2. The summed E-state index contributed by atoms with van der Waals surface area (Å²) in [6.45, 7) is 0. The molecule has 2 aromatic heterocycles. The summed E-state index contributed by atoms with van der Waals surface area (Å²) in [5.41, 5.74) is 3.91. The fourth-order valence-corrected chi connectivity index (χ4v) is 2.55. The van der Waals surface area contributed by atoms with Crippen LogP contribution in [0.4, 0.5) is 0 Å². The van der Waals surface area contributed by atoms with Crippen LogP contribution in [0.15, 0.2) is 42.6 Å². The van der Waals surface area contributed by atoms with Crippen molar-refractivity contribution in [1.29, 1.82) is 0 Å². The number of aldehydes is 1. The predicted octanol–water partition coefficient (Wildman–Crippen LogP) is 2.41. The fourth-order valence-electron chi connectivity index (χ4n) is 2.55. The Kier molecular flexibility index (Phi) is 3.47. The maximum absolute atomic E-state index is 11.6. The number of nitrogens with zero attached hydrogens (tertiary/aromatic N) is 2. The first kappa shape index (κ1) is 14.0. The Morgan fingerprint density at radius 3 is 2.59 bits per heavy atom. The van der Waals surface area contributed by atoms with Gasteiger partial charge in [-0.3, -0.25) is 9.59 Å². The summed E-state index contributed by atoms with van der Waals surface area (Å²) >= 11 is 0. The van der Waals surface area contributed by atoms with E-state index in [2.05, 4.69) is 10.3 Å². The number of nitrogens with one attached hydrogen (secondary N) is 1. The molecule has 0 saturated heterocycles. The first-order chi connectivity index (χ1) is 10.7. The highest BCUT2D eigenvalue weighted by Gasteiger charge is 2.11. The number of rotatable bonds is 3. The normalized spacial score (nSPS) is 10.6. The number of aryl methyl sites for hydroxylation is 1. The Morgan fingerprint density at radius 2 is 1.95 bits per heavy atom. The molecule has 5 nitrogen and oxygen atoms in total. The number of hydrogen-bond donors (Lipinski definition) is 1. The first-order valence-electron chi connectivity index (χ1n) is 6.88. The van der Waals surface area contributed by atoms with Crippen molar-refractivity contribution in [1.82, 2.24) is 14.9 Å². The summed E-state index contributed by atoms with van der Waals surface area (Å²) in [7, 11) is 3.42. The molecular weight excluding hydrogens is 278 g/mol. The largest absolute Gasteiger partial charge is 0.355 e. The minimum atomic E-state index is -0.116. The van der Waals surface area contributed by atoms with E-state index >= 15 is 0 Å². The average Bonchev–Trinajstić information content (AvgIpc) is 2.90. The van der Waals surface area contributed by atoms with E-state index in [1.807, 2.05) is 31.3 Å². The van der Waals surface area contributed by atoms with Gasteiger partial charge in [0.2, 0.25) is 0 Å². The zero-order valence-electron chi connectivity index (χ0n) is 12.3. The number of carbonyl (C=O) groups excluding carboxylic acids is 2. The molecule has 5 heteroatoms. The van der Waals surface area contributed by atoms with Gasteiger partial charge in [0.15, 0.2) is 6.29 Å². The Labute approximate surface area is 127 Å². The van der Waals surface area contributed by atoms with E-state index in [9.17, 15) is 9.59 Å². The number of aromatic nitrogens is 2. The van der Waals surface area contributed by atoms with Gasteiger partial charge in [0, 0.05) is 31.2 Å². The van der Waals surface area contributed by atoms with Crippen LogP contribution in [0.5, 0.6) is 0 Å². The standard InChI is InChI=1S/C17H15N3O2/c1-18-17(22)12-5-3-11(4-6-12)14-7-8-19-16-15(14)9-13(10-21)20(16)2/h3-10H,1-2H3,(H,18,22). The second-order valence-electron chi connectivity index (χ2n) is 5.00. The topological polar surface area (TPSA) is 64.0 Å². The fraction of sp³-hybridized carbons (Fsp3) is 0.118. The minimum Gasteiger partial charge on any atom is -0.355 e. The molecular formula is C17H15N3O2. The lowest BCUT2D eigenvalue weighted by Crippen LogP contribution is -2.17. The molecule has 22 heavy (non-hydrogen) atoms. The molecule has 0 fully saturated rings. The Bertz CT molecular complexity index is 863. The van der Waals surface area contributed by atoms with E-state index < -0.39 is 0 Å². The molecule has 2 heterocycles. The Balaban J connectivity index is 2.14. The third-order valence-electron chi connectivity index (χ3n) is 3.77. The number of benzene rings is 1. The average molecular weight is 293 g/mol. The highest BCUT2D eigenvalue weighted by Crippen LogP contribution is 2.29. The Hall–Kier alpha value is -2.95. The van der Waals surface area contributed by atoms with Gasteiger partial charge < -0.3 is 9.88 Å². The van der Waals surface area contributed by atoms with E-state index in [4.69, 9.17) is 0 Å². The van der Waals surface area contributed by atoms with Crippen LogP contribution in [-0.4, -0.2) is 28.8 Å². The van der Waals surface area contributed by atoms with Crippen molar-refractivity contribution in [2.24, 2.45) is 7.05 Å². The van der Waals surface area contributed by atoms with Gasteiger partial charge in [-0.25, -0.2) is 4.98 Å². The van der Waals surface area contributed by atoms with Crippen molar-refractivity contribution < 1.29 is 9.59 Å². The summed E-state index contributed by atoms with van der Waals surface area (Å²) in [6.07, 6.45) is 2.54. The number of hydrogen-bond acceptors (Lipinski definition) is 3. The SMILES string of the molecule is CNC(=O)c1ccc(-c2ccnc3c2cc(C=O)n3C)cc1. The van der Waals surface area contributed by atoms with Gasteiger partial charge in [0.1, 0.15) is 5.65 Å². The van der Waals surface area contributed by atoms with E-state index in [0.29, 0.717) is 11.3 Å². The predicted molar refractivity (Wildman–Crippen MR) is 84.9 cm³/mol. The molecule has 0 spiro atoms. The van der Waals surface area contributed by atoms with E-state index in [0.717, 1.165) is 28.4 Å². The van der Waals surface area contributed by atoms with Gasteiger partial charge in [-0.15, -0.1) is 0 Å². The van der Waals surface area contributed by atoms with Crippen LogP contribution in [0, 0.1) is 0 Å². The lowest BCUT2D eigenvalue weighted by molar-refractivity contribution is 0.0962. The van der Waals surface area contributed by atoms with E-state index in [-0.39, 0.29) is 5.91 Å². The first-order valence-corrected chi connectivity index (χ1v) is 6.88. The van der Waals surface area contributed by atoms with Crippen LogP contribution in [0.25, 0.3) is 22.2 Å². The highest BCUT2D eigenvalue weighted by molar-refractivity contribution is 5.98. The molecule has 0 unspecified atom stereocenters. The monoisotopic (exact) mass is 293 g/mol. The number of amides is 1. The molecule has 3 rings (SSSR count). The molecule has 0 bridgehead atoms. The third-order valence-corrected chi connectivity index (χ3v) is 3.77. The molecule has 0 aliphatic heterocycles. The second-order valence-corrected chi connectivity index (χ2v) is 5.00. The molecule has 0 saturated carbocycles. The van der Waals surface area contributed by atoms with Gasteiger partial charge in [-0.05, 0) is 35.4 Å². The molecule has 1 N–H and O–H groups in total. The van der Waals surface area contributed by atoms with Crippen LogP contribution in [0.2, 0.25) is 0 Å². The summed E-state index contributed by atoms with van der Waals surface area (Å²) in [4.78, 5) is 27.0. The van der Waals surface area contributed by atoms with E-state index in [1.54, 1.807) is 29.9 Å². The van der Waals surface area contributed by atoms with Crippen LogP contribution < -0.4 is 5.32 Å². The summed E-state index contributed by atoms with van der Waals surface area (Å²) in [5, 5.41) is 3.51. The highest BCUT2D eigenvalue weighted by atomic mass is 16.1. The molecule has 0 atom stereocenters. The quantitative estimate of drug-likeness (QED) is 0.754. The maximum atomic E-state index is 11.6. The van der Waals surface area contributed by atoms with Crippen molar-refractivity contribution in [3.8, 4) is 11.1 Å². The van der Waals surface area contributed by atoms with Crippen molar-refractivity contribution in [3.05, 3.63) is 53.9 Å². The minimum absolute atomic E-state index is 0.116. The zero-order valence-corrected chi connectivity index (χ0v) is 12.3. The molecule has 0 radical (unpaired) electrons. The Morgan fingerprint density at radius 1 is 1.23 bits per heavy atom. The molecule has 0 aliphatic rings. The number of fused-ring (bicyclic) bond motifs is 1. The molecule has 3 aromatic rings.